The number of nitrogens with zero attached hydrogens (tertiary/aromatic N) is 1. The molecule has 0 fully saturated rings. The van der Waals surface area contributed by atoms with Crippen LogP contribution < -0.4 is 9.62 Å². The third-order valence-corrected chi connectivity index (χ3v) is 5.96. The Morgan fingerprint density at radius 3 is 2.41 bits per heavy atom. The van der Waals surface area contributed by atoms with Crippen molar-refractivity contribution in [2.24, 2.45) is 5.92 Å². The quantitative estimate of drug-likeness (QED) is 0.849. The van der Waals surface area contributed by atoms with Gasteiger partial charge < -0.3 is 5.32 Å². The van der Waals surface area contributed by atoms with E-state index in [1.54, 1.807) is 24.3 Å². The third kappa shape index (κ3) is 4.13. The van der Waals surface area contributed by atoms with Crippen molar-refractivity contribution in [2.45, 2.75) is 26.2 Å². The van der Waals surface area contributed by atoms with Gasteiger partial charge in [0.2, 0.25) is 15.9 Å². The highest BCUT2D eigenvalue weighted by Crippen LogP contribution is 2.33. The van der Waals surface area contributed by atoms with E-state index in [0.29, 0.717) is 24.3 Å². The van der Waals surface area contributed by atoms with Crippen LogP contribution in [0.2, 0.25) is 0 Å². The Balaban J connectivity index is 1.82. The van der Waals surface area contributed by atoms with Gasteiger partial charge in [0.05, 0.1) is 17.9 Å². The predicted octanol–water partition coefficient (Wildman–Crippen LogP) is 3.53. The van der Waals surface area contributed by atoms with Gasteiger partial charge in [-0.25, -0.2) is 12.8 Å². The molecule has 0 saturated heterocycles. The first-order valence-electron chi connectivity index (χ1n) is 8.84. The highest BCUT2D eigenvalue weighted by molar-refractivity contribution is 7.92. The van der Waals surface area contributed by atoms with E-state index in [9.17, 15) is 17.6 Å². The van der Waals surface area contributed by atoms with Crippen molar-refractivity contribution in [3.8, 4) is 0 Å². The van der Waals surface area contributed by atoms with Crippen molar-refractivity contribution in [3.05, 3.63) is 59.4 Å². The van der Waals surface area contributed by atoms with E-state index in [2.05, 4.69) is 5.32 Å². The van der Waals surface area contributed by atoms with E-state index in [4.69, 9.17) is 0 Å². The van der Waals surface area contributed by atoms with Gasteiger partial charge in [-0.15, -0.1) is 0 Å². The zero-order valence-electron chi connectivity index (χ0n) is 15.6. The molecule has 1 heterocycles. The number of rotatable bonds is 5. The molecule has 1 N–H and O–H groups in total. The molecule has 0 radical (unpaired) electrons. The van der Waals surface area contributed by atoms with E-state index in [1.165, 1.54) is 22.7 Å². The Kier molecular flexibility index (Phi) is 5.24. The molecule has 0 saturated carbocycles. The number of sulfonamides is 1. The van der Waals surface area contributed by atoms with Crippen LogP contribution in [-0.4, -0.2) is 27.1 Å². The van der Waals surface area contributed by atoms with Crippen LogP contribution in [-0.2, 0) is 21.2 Å². The molecule has 144 valence electrons. The molecule has 2 aromatic rings. The first-order valence-corrected chi connectivity index (χ1v) is 10.7. The number of hydrogen-bond acceptors (Lipinski definition) is 3. The summed E-state index contributed by atoms with van der Waals surface area (Å²) in [7, 11) is -3.30. The SMILES string of the molecule is CC(C)C(C(=O)Nc1ccc2c(c1)CCN2S(C)(=O)=O)c1ccc(F)cc1. The Hall–Kier alpha value is -2.41. The van der Waals surface area contributed by atoms with Gasteiger partial charge in [0.25, 0.3) is 0 Å². The largest absolute Gasteiger partial charge is 0.326 e. The molecule has 1 unspecified atom stereocenters. The van der Waals surface area contributed by atoms with Crippen LogP contribution in [0.3, 0.4) is 0 Å². The Labute approximate surface area is 159 Å². The number of anilines is 2. The number of fused-ring (bicyclic) bond motifs is 1. The lowest BCUT2D eigenvalue weighted by Crippen LogP contribution is -2.27. The van der Waals surface area contributed by atoms with Crippen LogP contribution in [0.1, 0.15) is 30.9 Å². The summed E-state index contributed by atoms with van der Waals surface area (Å²) in [5, 5.41) is 2.92. The molecule has 0 aliphatic carbocycles. The highest BCUT2D eigenvalue weighted by atomic mass is 32.2. The first-order chi connectivity index (χ1) is 12.7. The van der Waals surface area contributed by atoms with Gasteiger partial charge in [0, 0.05) is 12.2 Å². The second-order valence-corrected chi connectivity index (χ2v) is 9.10. The fourth-order valence-corrected chi connectivity index (χ4v) is 4.48. The minimum absolute atomic E-state index is 0.0330. The van der Waals surface area contributed by atoms with Gasteiger partial charge in [-0.05, 0) is 53.8 Å². The van der Waals surface area contributed by atoms with Crippen LogP contribution in [0.5, 0.6) is 0 Å². The number of hydrogen-bond donors (Lipinski definition) is 1. The van der Waals surface area contributed by atoms with Gasteiger partial charge in [-0.3, -0.25) is 9.10 Å². The molecule has 5 nitrogen and oxygen atoms in total. The topological polar surface area (TPSA) is 66.5 Å². The summed E-state index contributed by atoms with van der Waals surface area (Å²) in [6.45, 7) is 4.30. The van der Waals surface area contributed by atoms with Crippen molar-refractivity contribution >= 4 is 27.3 Å². The number of nitrogens with one attached hydrogen (secondary N) is 1. The van der Waals surface area contributed by atoms with E-state index in [-0.39, 0.29) is 17.6 Å². The second kappa shape index (κ2) is 7.31. The van der Waals surface area contributed by atoms with Crippen LogP contribution in [0, 0.1) is 11.7 Å². The first kappa shape index (κ1) is 19.4. The van der Waals surface area contributed by atoms with Gasteiger partial charge in [0.15, 0.2) is 0 Å². The molecule has 1 aliphatic rings. The smallest absolute Gasteiger partial charge is 0.232 e. The van der Waals surface area contributed by atoms with E-state index < -0.39 is 15.9 Å². The monoisotopic (exact) mass is 390 g/mol. The lowest BCUT2D eigenvalue weighted by atomic mass is 9.87. The number of carbonyl (C=O) groups excluding carboxylic acids is 1. The predicted molar refractivity (Wildman–Crippen MR) is 105 cm³/mol. The van der Waals surface area contributed by atoms with Crippen molar-refractivity contribution in [1.29, 1.82) is 0 Å². The van der Waals surface area contributed by atoms with Gasteiger partial charge in [-0.2, -0.15) is 0 Å². The Bertz CT molecular complexity index is 956. The van der Waals surface area contributed by atoms with E-state index in [1.807, 2.05) is 19.9 Å². The Morgan fingerprint density at radius 1 is 1.15 bits per heavy atom. The normalized spacial score (nSPS) is 14.9. The van der Waals surface area contributed by atoms with E-state index >= 15 is 0 Å². The molecule has 1 aliphatic heterocycles. The summed E-state index contributed by atoms with van der Waals surface area (Å²) >= 11 is 0. The summed E-state index contributed by atoms with van der Waals surface area (Å²) in [6.07, 6.45) is 1.80. The molecule has 0 spiro atoms. The average molecular weight is 390 g/mol. The highest BCUT2D eigenvalue weighted by Gasteiger charge is 2.28. The fraction of sp³-hybridized carbons (Fsp3) is 0.350. The summed E-state index contributed by atoms with van der Waals surface area (Å²) < 4.78 is 38.2. The summed E-state index contributed by atoms with van der Waals surface area (Å²) in [6, 6.07) is 11.2. The molecule has 2 aromatic carbocycles. The lowest BCUT2D eigenvalue weighted by molar-refractivity contribution is -0.118. The van der Waals surface area contributed by atoms with E-state index in [0.717, 1.165) is 11.1 Å². The molecule has 27 heavy (non-hydrogen) atoms. The maximum Gasteiger partial charge on any atom is 0.232 e. The number of carbonyl (C=O) groups is 1. The second-order valence-electron chi connectivity index (χ2n) is 7.19. The summed E-state index contributed by atoms with van der Waals surface area (Å²) in [4.78, 5) is 12.9. The number of benzene rings is 2. The zero-order valence-corrected chi connectivity index (χ0v) is 16.4. The third-order valence-electron chi connectivity index (χ3n) is 4.78. The molecular formula is C20H23FN2O3S. The van der Waals surface area contributed by atoms with Gasteiger partial charge in [0.1, 0.15) is 5.82 Å². The molecule has 0 bridgehead atoms. The maximum absolute atomic E-state index is 13.2. The van der Waals surface area contributed by atoms with Crippen LogP contribution >= 0.6 is 0 Å². The lowest BCUT2D eigenvalue weighted by Gasteiger charge is -2.21. The van der Waals surface area contributed by atoms with Crippen molar-refractivity contribution in [3.63, 3.8) is 0 Å². The van der Waals surface area contributed by atoms with Crippen molar-refractivity contribution in [2.75, 3.05) is 22.4 Å². The maximum atomic E-state index is 13.2. The molecule has 0 aromatic heterocycles. The van der Waals surface area contributed by atoms with Crippen molar-refractivity contribution in [1.82, 2.24) is 0 Å². The van der Waals surface area contributed by atoms with Gasteiger partial charge in [-0.1, -0.05) is 26.0 Å². The van der Waals surface area contributed by atoms with Crippen LogP contribution in [0.25, 0.3) is 0 Å². The van der Waals surface area contributed by atoms with Crippen molar-refractivity contribution < 1.29 is 17.6 Å². The molecule has 1 amide bonds. The fourth-order valence-electron chi connectivity index (χ4n) is 3.52. The molecule has 3 rings (SSSR count). The van der Waals surface area contributed by atoms with Crippen LogP contribution in [0.4, 0.5) is 15.8 Å². The molecule has 7 heteroatoms. The standard InChI is InChI=1S/C20H23FN2O3S/c1-13(2)19(14-4-6-16(21)7-5-14)20(24)22-17-8-9-18-15(12-17)10-11-23(18)27(3,25)26/h4-9,12-13,19H,10-11H2,1-3H3,(H,22,24). The Morgan fingerprint density at radius 2 is 1.81 bits per heavy atom. The summed E-state index contributed by atoms with van der Waals surface area (Å²) in [5.74, 6) is -0.887. The number of amides is 1. The molecular weight excluding hydrogens is 367 g/mol. The number of halogens is 1. The zero-order chi connectivity index (χ0) is 19.8. The van der Waals surface area contributed by atoms with Gasteiger partial charge >= 0.3 is 0 Å². The van der Waals surface area contributed by atoms with Crippen LogP contribution in [0.15, 0.2) is 42.5 Å². The average Bonchev–Trinajstić information content (AvgIpc) is 3.00. The summed E-state index contributed by atoms with van der Waals surface area (Å²) in [5.41, 5.74) is 2.94. The minimum Gasteiger partial charge on any atom is -0.326 e. The minimum atomic E-state index is -3.30. The molecule has 1 atom stereocenters.